The molecule has 0 aliphatic carbocycles. The second kappa shape index (κ2) is 6.87. The molecule has 1 nitrogen and oxygen atoms in total. The van der Waals surface area contributed by atoms with Crippen LogP contribution in [0.3, 0.4) is 0 Å². The zero-order valence-corrected chi connectivity index (χ0v) is 10.4. The molecule has 16 heavy (non-hydrogen) atoms. The van der Waals surface area contributed by atoms with E-state index in [-0.39, 0.29) is 16.9 Å². The first kappa shape index (κ1) is 13.5. The minimum atomic E-state index is -0.284. The van der Waals surface area contributed by atoms with E-state index in [1.54, 1.807) is 18.2 Å². The summed E-state index contributed by atoms with van der Waals surface area (Å²) >= 11 is 5.71. The monoisotopic (exact) mass is 243 g/mol. The SMILES string of the molecule is CCCC(N)CCCc1cccc(Cl)c1F. The molecule has 0 heterocycles. The number of benzene rings is 1. The van der Waals surface area contributed by atoms with E-state index in [0.717, 1.165) is 25.7 Å². The van der Waals surface area contributed by atoms with Gasteiger partial charge < -0.3 is 5.73 Å². The van der Waals surface area contributed by atoms with Gasteiger partial charge in [-0.05, 0) is 37.3 Å². The molecule has 0 saturated heterocycles. The van der Waals surface area contributed by atoms with E-state index in [4.69, 9.17) is 17.3 Å². The van der Waals surface area contributed by atoms with Gasteiger partial charge >= 0.3 is 0 Å². The van der Waals surface area contributed by atoms with Crippen molar-refractivity contribution in [3.05, 3.63) is 34.6 Å². The van der Waals surface area contributed by atoms with Gasteiger partial charge in [0.2, 0.25) is 0 Å². The Morgan fingerprint density at radius 2 is 2.12 bits per heavy atom. The van der Waals surface area contributed by atoms with E-state index < -0.39 is 0 Å². The summed E-state index contributed by atoms with van der Waals surface area (Å²) in [5, 5.41) is 0.204. The smallest absolute Gasteiger partial charge is 0.144 e. The number of aryl methyl sites for hydroxylation is 1. The number of hydrogen-bond donors (Lipinski definition) is 1. The molecule has 0 aliphatic rings. The highest BCUT2D eigenvalue weighted by Crippen LogP contribution is 2.19. The Kier molecular flexibility index (Phi) is 5.78. The second-order valence-corrected chi connectivity index (χ2v) is 4.56. The average Bonchev–Trinajstić information content (AvgIpc) is 2.25. The maximum atomic E-state index is 13.5. The van der Waals surface area contributed by atoms with E-state index in [2.05, 4.69) is 6.92 Å². The van der Waals surface area contributed by atoms with Gasteiger partial charge in [-0.2, -0.15) is 0 Å². The quantitative estimate of drug-likeness (QED) is 0.805. The number of nitrogens with two attached hydrogens (primary N) is 1. The van der Waals surface area contributed by atoms with Gasteiger partial charge in [0.1, 0.15) is 5.82 Å². The highest BCUT2D eigenvalue weighted by atomic mass is 35.5. The van der Waals surface area contributed by atoms with E-state index in [1.165, 1.54) is 0 Å². The summed E-state index contributed by atoms with van der Waals surface area (Å²) in [4.78, 5) is 0. The van der Waals surface area contributed by atoms with Crippen LogP contribution in [-0.4, -0.2) is 6.04 Å². The molecule has 1 aromatic rings. The van der Waals surface area contributed by atoms with Crippen molar-refractivity contribution in [2.24, 2.45) is 5.73 Å². The first-order chi connectivity index (χ1) is 7.65. The van der Waals surface area contributed by atoms with Gasteiger partial charge in [-0.25, -0.2) is 4.39 Å². The lowest BCUT2D eigenvalue weighted by molar-refractivity contribution is 0.531. The first-order valence-electron chi connectivity index (χ1n) is 5.83. The molecule has 0 spiro atoms. The summed E-state index contributed by atoms with van der Waals surface area (Å²) in [5.74, 6) is -0.284. The van der Waals surface area contributed by atoms with Crippen molar-refractivity contribution >= 4 is 11.6 Å². The maximum Gasteiger partial charge on any atom is 0.144 e. The maximum absolute atomic E-state index is 13.5. The normalized spacial score (nSPS) is 12.8. The average molecular weight is 244 g/mol. The summed E-state index contributed by atoms with van der Waals surface area (Å²) in [5.41, 5.74) is 6.59. The van der Waals surface area contributed by atoms with Crippen molar-refractivity contribution in [2.45, 2.75) is 45.1 Å². The Hall–Kier alpha value is -0.600. The fourth-order valence-electron chi connectivity index (χ4n) is 1.81. The fourth-order valence-corrected chi connectivity index (χ4v) is 2.01. The third kappa shape index (κ3) is 4.11. The standard InChI is InChI=1S/C13H19ClFN/c1-2-5-11(16)8-3-6-10-7-4-9-12(14)13(10)15/h4,7,9,11H,2-3,5-6,8,16H2,1H3. The van der Waals surface area contributed by atoms with Crippen molar-refractivity contribution in [2.75, 3.05) is 0 Å². The lowest BCUT2D eigenvalue weighted by atomic mass is 10.0. The predicted molar refractivity (Wildman–Crippen MR) is 67.2 cm³/mol. The number of halogens is 2. The molecule has 1 unspecified atom stereocenters. The Morgan fingerprint density at radius 3 is 2.81 bits per heavy atom. The third-order valence-electron chi connectivity index (χ3n) is 2.71. The van der Waals surface area contributed by atoms with Crippen molar-refractivity contribution in [3.8, 4) is 0 Å². The van der Waals surface area contributed by atoms with Crippen molar-refractivity contribution in [1.29, 1.82) is 0 Å². The van der Waals surface area contributed by atoms with Gasteiger partial charge in [0, 0.05) is 6.04 Å². The van der Waals surface area contributed by atoms with Gasteiger partial charge in [-0.1, -0.05) is 37.1 Å². The largest absolute Gasteiger partial charge is 0.328 e. The van der Waals surface area contributed by atoms with Gasteiger partial charge in [0.05, 0.1) is 5.02 Å². The van der Waals surface area contributed by atoms with Gasteiger partial charge in [0.25, 0.3) is 0 Å². The van der Waals surface area contributed by atoms with Crippen LogP contribution in [0.5, 0.6) is 0 Å². The molecule has 0 bridgehead atoms. The highest BCUT2D eigenvalue weighted by molar-refractivity contribution is 6.30. The Morgan fingerprint density at radius 1 is 1.38 bits per heavy atom. The van der Waals surface area contributed by atoms with Crippen molar-refractivity contribution in [1.82, 2.24) is 0 Å². The van der Waals surface area contributed by atoms with E-state index in [1.807, 2.05) is 0 Å². The highest BCUT2D eigenvalue weighted by Gasteiger charge is 2.07. The minimum Gasteiger partial charge on any atom is -0.328 e. The molecule has 1 aromatic carbocycles. The van der Waals surface area contributed by atoms with Crippen LogP contribution < -0.4 is 5.73 Å². The van der Waals surface area contributed by atoms with Crippen LogP contribution in [0.2, 0.25) is 5.02 Å². The Bertz CT molecular complexity index is 328. The molecular weight excluding hydrogens is 225 g/mol. The molecule has 0 saturated carbocycles. The summed E-state index contributed by atoms with van der Waals surface area (Å²) < 4.78 is 13.5. The van der Waals surface area contributed by atoms with Crippen molar-refractivity contribution in [3.63, 3.8) is 0 Å². The van der Waals surface area contributed by atoms with Crippen molar-refractivity contribution < 1.29 is 4.39 Å². The van der Waals surface area contributed by atoms with Crippen LogP contribution >= 0.6 is 11.6 Å². The Balaban J connectivity index is 2.40. The fraction of sp³-hybridized carbons (Fsp3) is 0.538. The van der Waals surface area contributed by atoms with Gasteiger partial charge in [0.15, 0.2) is 0 Å². The van der Waals surface area contributed by atoms with Crippen LogP contribution in [-0.2, 0) is 6.42 Å². The lowest BCUT2D eigenvalue weighted by Gasteiger charge is -2.10. The van der Waals surface area contributed by atoms with E-state index >= 15 is 0 Å². The molecule has 3 heteroatoms. The molecule has 0 aliphatic heterocycles. The molecule has 2 N–H and O–H groups in total. The second-order valence-electron chi connectivity index (χ2n) is 4.15. The molecule has 1 atom stereocenters. The van der Waals surface area contributed by atoms with Crippen LogP contribution in [0, 0.1) is 5.82 Å². The van der Waals surface area contributed by atoms with Gasteiger partial charge in [-0.3, -0.25) is 0 Å². The number of rotatable bonds is 6. The zero-order valence-electron chi connectivity index (χ0n) is 9.68. The van der Waals surface area contributed by atoms with Crippen LogP contribution in [0.25, 0.3) is 0 Å². The third-order valence-corrected chi connectivity index (χ3v) is 3.00. The first-order valence-corrected chi connectivity index (χ1v) is 6.21. The summed E-state index contributed by atoms with van der Waals surface area (Å²) in [6.07, 6.45) is 4.72. The van der Waals surface area contributed by atoms with E-state index in [0.29, 0.717) is 12.0 Å². The lowest BCUT2D eigenvalue weighted by Crippen LogP contribution is -2.19. The zero-order chi connectivity index (χ0) is 12.0. The van der Waals surface area contributed by atoms with Gasteiger partial charge in [-0.15, -0.1) is 0 Å². The molecule has 0 fully saturated rings. The number of hydrogen-bond acceptors (Lipinski definition) is 1. The molecule has 0 amide bonds. The topological polar surface area (TPSA) is 26.0 Å². The minimum absolute atomic E-state index is 0.204. The molecule has 1 rings (SSSR count). The summed E-state index contributed by atoms with van der Waals surface area (Å²) in [6, 6.07) is 5.38. The van der Waals surface area contributed by atoms with Crippen LogP contribution in [0.1, 0.15) is 38.2 Å². The summed E-state index contributed by atoms with van der Waals surface area (Å²) in [6.45, 7) is 2.12. The Labute approximate surface area is 102 Å². The molecule has 0 radical (unpaired) electrons. The molecule has 90 valence electrons. The molecule has 0 aromatic heterocycles. The predicted octanol–water partition coefficient (Wildman–Crippen LogP) is 3.93. The van der Waals surface area contributed by atoms with Crippen LogP contribution in [0.15, 0.2) is 18.2 Å². The van der Waals surface area contributed by atoms with Crippen LogP contribution in [0.4, 0.5) is 4.39 Å². The van der Waals surface area contributed by atoms with E-state index in [9.17, 15) is 4.39 Å². The molecular formula is C13H19ClFN. The summed E-state index contributed by atoms with van der Waals surface area (Å²) in [7, 11) is 0.